The van der Waals surface area contributed by atoms with Crippen molar-refractivity contribution in [2.75, 3.05) is 5.32 Å². The molecule has 2 aromatic rings. The van der Waals surface area contributed by atoms with E-state index in [1.807, 2.05) is 18.2 Å². The summed E-state index contributed by atoms with van der Waals surface area (Å²) < 4.78 is 0. The Morgan fingerprint density at radius 2 is 1.92 bits per heavy atom. The van der Waals surface area contributed by atoms with Crippen molar-refractivity contribution in [3.8, 4) is 0 Å². The first-order valence-electron chi connectivity index (χ1n) is 7.78. The van der Waals surface area contributed by atoms with Crippen molar-refractivity contribution in [3.05, 3.63) is 75.3 Å². The van der Waals surface area contributed by atoms with E-state index in [0.717, 1.165) is 23.2 Å². The number of carbonyl (C=O) groups is 1. The van der Waals surface area contributed by atoms with Gasteiger partial charge in [-0.05, 0) is 41.2 Å². The lowest BCUT2D eigenvalue weighted by molar-refractivity contribution is -0.255. The monoisotopic (exact) mass is 358 g/mol. The third-order valence-electron chi connectivity index (χ3n) is 4.89. The van der Waals surface area contributed by atoms with Crippen LogP contribution in [0.1, 0.15) is 39.9 Å². The Kier molecular flexibility index (Phi) is 3.78. The molecule has 0 saturated heterocycles. The van der Waals surface area contributed by atoms with E-state index >= 15 is 0 Å². The van der Waals surface area contributed by atoms with Crippen molar-refractivity contribution < 1.29 is 9.90 Å². The maximum Gasteiger partial charge on any atom is 0.0715 e. The highest BCUT2D eigenvalue weighted by Crippen LogP contribution is 2.52. The van der Waals surface area contributed by atoms with Gasteiger partial charge in [0, 0.05) is 10.9 Å². The fraction of sp³-hybridized carbons (Fsp3) is 0.211. The summed E-state index contributed by atoms with van der Waals surface area (Å²) in [6.45, 7) is 0. The number of fused-ring (bicyclic) bond motifs is 3. The van der Waals surface area contributed by atoms with Crippen LogP contribution in [0, 0.1) is 5.92 Å². The topological polar surface area (TPSA) is 52.2 Å². The van der Waals surface area contributed by atoms with Gasteiger partial charge in [-0.1, -0.05) is 59.6 Å². The fourth-order valence-corrected chi connectivity index (χ4v) is 4.34. The van der Waals surface area contributed by atoms with E-state index in [9.17, 15) is 9.90 Å². The van der Waals surface area contributed by atoms with Crippen LogP contribution in [0.2, 0.25) is 10.0 Å². The zero-order valence-electron chi connectivity index (χ0n) is 12.6. The largest absolute Gasteiger partial charge is 0.545 e. The Morgan fingerprint density at radius 1 is 1.17 bits per heavy atom. The summed E-state index contributed by atoms with van der Waals surface area (Å²) in [5, 5.41) is 15.7. The van der Waals surface area contributed by atoms with Crippen molar-refractivity contribution in [2.45, 2.75) is 18.4 Å². The lowest BCUT2D eigenvalue weighted by Gasteiger charge is -2.38. The molecular formula is C19H14Cl2NO2-. The van der Waals surface area contributed by atoms with Crippen molar-refractivity contribution in [1.82, 2.24) is 0 Å². The Morgan fingerprint density at radius 3 is 2.62 bits per heavy atom. The van der Waals surface area contributed by atoms with Gasteiger partial charge in [-0.2, -0.15) is 0 Å². The number of carboxylic acids is 1. The fourth-order valence-electron chi connectivity index (χ4n) is 3.78. The third-order valence-corrected chi connectivity index (χ3v) is 5.41. The standard InChI is InChI=1S/C19H15Cl2NO2/c20-12-8-15-13-2-1-3-14(13)17(22-18(15)16(21)9-12)10-4-6-11(7-5-10)19(23)24/h1-2,4-9,13-14,17,22H,3H2,(H,23,24)/p-1/t13-,14-,17+/m1/s1. The van der Waals surface area contributed by atoms with Crippen LogP contribution in [-0.2, 0) is 0 Å². The second-order valence-corrected chi connectivity index (χ2v) is 7.08. The minimum atomic E-state index is -1.17. The number of allylic oxidation sites excluding steroid dienone is 2. The SMILES string of the molecule is O=C([O-])c1ccc([C@@H]2Nc3c(Cl)cc(Cl)cc3[C@@H]3C=CC[C@H]32)cc1. The van der Waals surface area contributed by atoms with E-state index in [2.05, 4.69) is 17.5 Å². The van der Waals surface area contributed by atoms with Gasteiger partial charge >= 0.3 is 0 Å². The maximum absolute atomic E-state index is 10.9. The second-order valence-electron chi connectivity index (χ2n) is 6.24. The number of carboxylic acid groups (broad SMARTS) is 1. The molecule has 3 atom stereocenters. The average molecular weight is 359 g/mol. The lowest BCUT2D eigenvalue weighted by atomic mass is 9.77. The Bertz CT molecular complexity index is 845. The molecule has 0 bridgehead atoms. The molecule has 1 aliphatic heterocycles. The maximum atomic E-state index is 10.9. The molecule has 4 rings (SSSR count). The van der Waals surface area contributed by atoms with Crippen LogP contribution in [0.3, 0.4) is 0 Å². The summed E-state index contributed by atoms with van der Waals surface area (Å²) in [4.78, 5) is 10.9. The first-order valence-corrected chi connectivity index (χ1v) is 8.53. The number of hydrogen-bond donors (Lipinski definition) is 1. The molecule has 0 radical (unpaired) electrons. The summed E-state index contributed by atoms with van der Waals surface area (Å²) in [5.74, 6) is -0.564. The predicted octanol–water partition coefficient (Wildman–Crippen LogP) is 4.18. The average Bonchev–Trinajstić information content (AvgIpc) is 3.04. The number of rotatable bonds is 2. The molecule has 122 valence electrons. The molecule has 1 N–H and O–H groups in total. The van der Waals surface area contributed by atoms with E-state index in [1.165, 1.54) is 0 Å². The van der Waals surface area contributed by atoms with Gasteiger partial charge in [0.2, 0.25) is 0 Å². The smallest absolute Gasteiger partial charge is 0.0715 e. The third kappa shape index (κ3) is 2.48. The van der Waals surface area contributed by atoms with Crippen molar-refractivity contribution in [1.29, 1.82) is 0 Å². The molecule has 0 amide bonds. The van der Waals surface area contributed by atoms with Gasteiger partial charge in [-0.15, -0.1) is 0 Å². The van der Waals surface area contributed by atoms with Crippen molar-refractivity contribution in [2.24, 2.45) is 5.92 Å². The highest BCUT2D eigenvalue weighted by atomic mass is 35.5. The van der Waals surface area contributed by atoms with Crippen LogP contribution >= 0.6 is 23.2 Å². The highest BCUT2D eigenvalue weighted by molar-refractivity contribution is 6.36. The molecule has 5 heteroatoms. The summed E-state index contributed by atoms with van der Waals surface area (Å²) in [7, 11) is 0. The van der Waals surface area contributed by atoms with Crippen molar-refractivity contribution >= 4 is 34.9 Å². The predicted molar refractivity (Wildman–Crippen MR) is 93.6 cm³/mol. The summed E-state index contributed by atoms with van der Waals surface area (Å²) in [6.07, 6.45) is 5.34. The summed E-state index contributed by atoms with van der Waals surface area (Å²) >= 11 is 12.6. The molecule has 0 spiro atoms. The Balaban J connectivity index is 1.76. The van der Waals surface area contributed by atoms with Crippen molar-refractivity contribution in [3.63, 3.8) is 0 Å². The van der Waals surface area contributed by atoms with E-state index in [0.29, 0.717) is 16.0 Å². The van der Waals surface area contributed by atoms with Crippen LogP contribution in [0.15, 0.2) is 48.6 Å². The van der Waals surface area contributed by atoms with Gasteiger partial charge in [0.1, 0.15) is 0 Å². The van der Waals surface area contributed by atoms with E-state index in [4.69, 9.17) is 23.2 Å². The number of aromatic carboxylic acids is 1. The molecule has 24 heavy (non-hydrogen) atoms. The number of anilines is 1. The number of hydrogen-bond acceptors (Lipinski definition) is 3. The Hall–Kier alpha value is -1.97. The second kappa shape index (κ2) is 5.83. The molecule has 1 heterocycles. The zero-order chi connectivity index (χ0) is 16.8. The van der Waals surface area contributed by atoms with Crippen LogP contribution in [-0.4, -0.2) is 5.97 Å². The van der Waals surface area contributed by atoms with Crippen LogP contribution in [0.4, 0.5) is 5.69 Å². The number of carbonyl (C=O) groups excluding carboxylic acids is 1. The van der Waals surface area contributed by atoms with Gasteiger partial charge in [-0.25, -0.2) is 0 Å². The van der Waals surface area contributed by atoms with Crippen LogP contribution < -0.4 is 10.4 Å². The molecule has 0 saturated carbocycles. The normalized spacial score (nSPS) is 24.2. The number of halogens is 2. The number of nitrogens with one attached hydrogen (secondary N) is 1. The molecule has 2 aromatic carbocycles. The molecule has 0 fully saturated rings. The van der Waals surface area contributed by atoms with Gasteiger partial charge in [-0.3, -0.25) is 0 Å². The quantitative estimate of drug-likeness (QED) is 0.819. The minimum absolute atomic E-state index is 0.0620. The summed E-state index contributed by atoms with van der Waals surface area (Å²) in [5.41, 5.74) is 3.24. The van der Waals surface area contributed by atoms with Crippen LogP contribution in [0.5, 0.6) is 0 Å². The van der Waals surface area contributed by atoms with E-state index in [1.54, 1.807) is 18.2 Å². The van der Waals surface area contributed by atoms with Gasteiger partial charge in [0.25, 0.3) is 0 Å². The van der Waals surface area contributed by atoms with E-state index in [-0.39, 0.29) is 17.5 Å². The number of benzene rings is 2. The Labute approximate surface area is 149 Å². The molecule has 2 aliphatic rings. The van der Waals surface area contributed by atoms with Gasteiger partial charge in [0.05, 0.1) is 22.7 Å². The van der Waals surface area contributed by atoms with Crippen LogP contribution in [0.25, 0.3) is 0 Å². The lowest BCUT2D eigenvalue weighted by Crippen LogP contribution is -2.29. The molecule has 3 nitrogen and oxygen atoms in total. The zero-order valence-corrected chi connectivity index (χ0v) is 14.1. The highest BCUT2D eigenvalue weighted by Gasteiger charge is 2.38. The minimum Gasteiger partial charge on any atom is -0.545 e. The first-order chi connectivity index (χ1) is 11.5. The molecule has 0 unspecified atom stereocenters. The molecule has 0 aromatic heterocycles. The van der Waals surface area contributed by atoms with Gasteiger partial charge < -0.3 is 15.2 Å². The first kappa shape index (κ1) is 15.6. The summed E-state index contributed by atoms with van der Waals surface area (Å²) in [6, 6.07) is 10.6. The molecular weight excluding hydrogens is 345 g/mol. The van der Waals surface area contributed by atoms with E-state index < -0.39 is 5.97 Å². The molecule has 1 aliphatic carbocycles. The van der Waals surface area contributed by atoms with Gasteiger partial charge in [0.15, 0.2) is 0 Å².